The van der Waals surface area contributed by atoms with Gasteiger partial charge in [-0.05, 0) is 87.6 Å². The molecule has 0 aliphatic carbocycles. The summed E-state index contributed by atoms with van der Waals surface area (Å²) < 4.78 is 19.9. The summed E-state index contributed by atoms with van der Waals surface area (Å²) in [6.07, 6.45) is -2.04. The van der Waals surface area contributed by atoms with Gasteiger partial charge in [0.1, 0.15) is 34.8 Å². The third kappa shape index (κ3) is 12.7. The first-order valence-corrected chi connectivity index (χ1v) is 30.4. The number of azide groups is 1. The predicted octanol–water partition coefficient (Wildman–Crippen LogP) is 8.66. The quantitative estimate of drug-likeness (QED) is 0.0398. The van der Waals surface area contributed by atoms with Crippen LogP contribution in [0.5, 0.6) is 0 Å². The molecule has 330 valence electrons. The molecule has 1 aliphatic heterocycles. The van der Waals surface area contributed by atoms with Crippen LogP contribution in [-0.2, 0) is 22.9 Å². The van der Waals surface area contributed by atoms with Gasteiger partial charge in [-0.2, -0.15) is 0 Å². The maximum absolute atomic E-state index is 14.2. The average molecular weight is 902 g/mol. The van der Waals surface area contributed by atoms with Gasteiger partial charge in [0, 0.05) is 16.0 Å². The summed E-state index contributed by atoms with van der Waals surface area (Å²) in [4.78, 5) is 52.3. The van der Waals surface area contributed by atoms with Crippen LogP contribution in [0, 0.1) is 0 Å². The molecular weight excluding hydrogens is 831 g/mol. The number of thioether (sulfide) groups is 1. The maximum atomic E-state index is 14.2. The molecule has 2 heterocycles. The number of aromatic carboxylic acids is 1. The van der Waals surface area contributed by atoms with Crippen LogP contribution in [0.15, 0.2) is 15.5 Å². The summed E-state index contributed by atoms with van der Waals surface area (Å²) in [5.41, 5.74) is 7.62. The molecule has 0 radical (unpaired) electrons. The molecule has 1 aromatic heterocycles. The highest BCUT2D eigenvalue weighted by Crippen LogP contribution is 2.41. The van der Waals surface area contributed by atoms with Crippen LogP contribution in [0.1, 0.15) is 112 Å². The first-order chi connectivity index (χ1) is 26.4. The van der Waals surface area contributed by atoms with Gasteiger partial charge >= 0.3 is 5.97 Å². The van der Waals surface area contributed by atoms with E-state index in [1.165, 1.54) is 17.1 Å². The van der Waals surface area contributed by atoms with E-state index in [0.29, 0.717) is 5.04 Å². The number of nitrogens with one attached hydrogen (secondary N) is 2. The number of aliphatic imine (C=N–C) groups is 1. The Morgan fingerprint density at radius 3 is 1.93 bits per heavy atom. The van der Waals surface area contributed by atoms with Crippen LogP contribution >= 0.6 is 23.1 Å². The van der Waals surface area contributed by atoms with Gasteiger partial charge in [0.05, 0.1) is 23.4 Å². The summed E-state index contributed by atoms with van der Waals surface area (Å²) in [6.45, 7) is 34.1. The first kappa shape index (κ1) is 52.0. The lowest BCUT2D eigenvalue weighted by Crippen LogP contribution is -2.56. The molecule has 0 aromatic carbocycles. The molecule has 2 rings (SSSR count). The normalized spacial score (nSPS) is 19.8. The highest BCUT2D eigenvalue weighted by Gasteiger charge is 2.48. The van der Waals surface area contributed by atoms with Crippen LogP contribution in [-0.4, -0.2) is 111 Å². The van der Waals surface area contributed by atoms with Gasteiger partial charge in [-0.25, -0.2) is 9.78 Å². The van der Waals surface area contributed by atoms with Gasteiger partial charge < -0.3 is 34.1 Å². The van der Waals surface area contributed by atoms with E-state index in [2.05, 4.69) is 114 Å². The van der Waals surface area contributed by atoms with Crippen molar-refractivity contribution in [1.82, 2.24) is 15.6 Å². The maximum Gasteiger partial charge on any atom is 0.355 e. The summed E-state index contributed by atoms with van der Waals surface area (Å²) in [5, 5.41) is 33.5. The zero-order valence-corrected chi connectivity index (χ0v) is 42.5. The zero-order chi connectivity index (χ0) is 44.8. The zero-order valence-electron chi connectivity index (χ0n) is 37.8. The molecule has 8 atom stereocenters. The van der Waals surface area contributed by atoms with Gasteiger partial charge in [-0.3, -0.25) is 14.6 Å². The van der Waals surface area contributed by atoms with Crippen molar-refractivity contribution < 1.29 is 37.9 Å². The Balaban J connectivity index is 2.58. The Hall–Kier alpha value is -2.14. The number of carboxylic acid groups (broad SMARTS) is 1. The van der Waals surface area contributed by atoms with Crippen molar-refractivity contribution >= 4 is 70.9 Å². The van der Waals surface area contributed by atoms with E-state index in [-0.39, 0.29) is 26.5 Å². The Morgan fingerprint density at radius 2 is 1.47 bits per heavy atom. The average Bonchev–Trinajstić information content (AvgIpc) is 3.80. The Morgan fingerprint density at radius 1 is 0.931 bits per heavy atom. The van der Waals surface area contributed by atoms with Crippen molar-refractivity contribution in [3.8, 4) is 0 Å². The fraction of sp³-hybridized carbons (Fsp3) is 0.816. The van der Waals surface area contributed by atoms with Crippen molar-refractivity contribution in [2.45, 2.75) is 192 Å². The smallest absolute Gasteiger partial charge is 0.355 e. The molecule has 0 bridgehead atoms. The predicted molar refractivity (Wildman–Crippen MR) is 242 cm³/mol. The number of thiazole rings is 1. The molecule has 58 heavy (non-hydrogen) atoms. The van der Waals surface area contributed by atoms with Gasteiger partial charge in [0.15, 0.2) is 30.6 Å². The van der Waals surface area contributed by atoms with E-state index < -0.39 is 90.8 Å². The number of carbonyl (C=O) groups excluding carboxylic acids is 2. The minimum atomic E-state index is -2.40. The van der Waals surface area contributed by atoms with Crippen LogP contribution in [0.25, 0.3) is 10.4 Å². The largest absolute Gasteiger partial charge is 0.476 e. The second-order valence-corrected chi connectivity index (χ2v) is 34.8. The van der Waals surface area contributed by atoms with Crippen molar-refractivity contribution in [2.75, 3.05) is 5.75 Å². The van der Waals surface area contributed by atoms with E-state index in [1.54, 1.807) is 20.8 Å². The topological polar surface area (TPSA) is 217 Å². The van der Waals surface area contributed by atoms with Gasteiger partial charge in [0.2, 0.25) is 11.8 Å². The third-order valence-corrected chi connectivity index (χ3v) is 28.4. The number of nitrogens with zero attached hydrogens (tertiary/aromatic N) is 5. The fourth-order valence-electron chi connectivity index (χ4n) is 6.09. The van der Waals surface area contributed by atoms with E-state index in [1.807, 2.05) is 6.92 Å². The molecular formula is C38H71N7O8S2Si3. The summed E-state index contributed by atoms with van der Waals surface area (Å²) in [6, 6.07) is -1.43. The lowest BCUT2D eigenvalue weighted by molar-refractivity contribution is -0.127. The number of carbonyl (C=O) groups is 3. The third-order valence-electron chi connectivity index (χ3n) is 12.5. The minimum Gasteiger partial charge on any atom is -0.476 e. The molecule has 15 nitrogen and oxygen atoms in total. The van der Waals surface area contributed by atoms with Crippen LogP contribution in [0.3, 0.4) is 0 Å². The molecule has 2 amide bonds. The van der Waals surface area contributed by atoms with Crippen LogP contribution in [0.4, 0.5) is 0 Å². The van der Waals surface area contributed by atoms with E-state index >= 15 is 0 Å². The molecule has 1 aliphatic rings. The number of carboxylic acids is 1. The van der Waals surface area contributed by atoms with Crippen LogP contribution in [0.2, 0.25) is 54.4 Å². The Labute approximate surface area is 357 Å². The Bertz CT molecular complexity index is 1660. The highest BCUT2D eigenvalue weighted by molar-refractivity contribution is 8.14. The second kappa shape index (κ2) is 20.2. The number of aliphatic hydroxyl groups is 1. The number of aromatic nitrogens is 1. The first-order valence-electron chi connectivity index (χ1n) is 20.2. The number of hydrogen-bond donors (Lipinski definition) is 4. The van der Waals surface area contributed by atoms with Crippen LogP contribution < -0.4 is 10.6 Å². The summed E-state index contributed by atoms with van der Waals surface area (Å²) in [5.74, 6) is -2.05. The molecule has 4 N–H and O–H groups in total. The van der Waals surface area contributed by atoms with Crippen molar-refractivity contribution in [1.29, 1.82) is 0 Å². The fourth-order valence-corrected chi connectivity index (χ4v) is 14.1. The second-order valence-electron chi connectivity index (χ2n) is 18.6. The highest BCUT2D eigenvalue weighted by atomic mass is 32.2. The summed E-state index contributed by atoms with van der Waals surface area (Å²) >= 11 is 2.34. The molecule has 1 aromatic rings. The standard InChI is InChI=1S/C38H71N7O8S2Si3/c1-18-58(19-2,20-3)52-24(5)29(42-32(47)28(44-45-39)23(4)51-56(14,15)36(7,8)9)33-40-26(21-54-33)31(46)43-30(34-41-27(22-55-34)35(48)49)38(13,50)25(6)53-57(16,17)37(10,11)12/h22-26,28-30,50H,18-21H2,1-17H3,(H,42,47)(H,43,46)(H,48,49)/t23-,24-,25-,26-,28+,29+,30-,38-/m1/s1. The minimum absolute atomic E-state index is 0.150. The van der Waals surface area contributed by atoms with E-state index in [4.69, 9.17) is 18.3 Å². The molecule has 20 heteroatoms. The SMILES string of the molecule is CC[Si](CC)(CC)O[C@H](C)[C@H](NC(=O)[C@@H](N=[N+]=[N-])[C@@H](C)O[Si](C)(C)C(C)(C)C)C1=N[C@@H](C(=O)N[C@H](c2nc(C(=O)O)cs2)[C@](C)(O)[C@@H](C)O[Si](C)(C)C(C)(C)C)CS1. The molecule has 0 saturated heterocycles. The monoisotopic (exact) mass is 901 g/mol. The molecule has 0 spiro atoms. The molecule has 0 fully saturated rings. The van der Waals surface area contributed by atoms with Gasteiger partial charge in [-0.15, -0.1) is 23.1 Å². The Kier molecular flexibility index (Phi) is 18.1. The lowest BCUT2D eigenvalue weighted by Gasteiger charge is -2.44. The van der Waals surface area contributed by atoms with Gasteiger partial charge in [-0.1, -0.05) is 67.4 Å². The van der Waals surface area contributed by atoms with E-state index in [9.17, 15) is 30.1 Å². The lowest BCUT2D eigenvalue weighted by atomic mass is 9.91. The summed E-state index contributed by atoms with van der Waals surface area (Å²) in [7, 11) is -6.97. The van der Waals surface area contributed by atoms with Crippen molar-refractivity contribution in [3.05, 3.63) is 26.5 Å². The van der Waals surface area contributed by atoms with E-state index in [0.717, 1.165) is 29.5 Å². The number of rotatable bonds is 21. The molecule has 0 saturated carbocycles. The molecule has 0 unspecified atom stereocenters. The van der Waals surface area contributed by atoms with Gasteiger partial charge in [0.25, 0.3) is 0 Å². The number of amides is 2. The number of hydrogen-bond acceptors (Lipinski definition) is 12. The van der Waals surface area contributed by atoms with Crippen molar-refractivity contribution in [3.63, 3.8) is 0 Å². The van der Waals surface area contributed by atoms with Crippen molar-refractivity contribution in [2.24, 2.45) is 10.1 Å².